The van der Waals surface area contributed by atoms with Gasteiger partial charge in [0.2, 0.25) is 0 Å². The molecule has 2 aromatic carbocycles. The van der Waals surface area contributed by atoms with Gasteiger partial charge < -0.3 is 19.9 Å². The lowest BCUT2D eigenvalue weighted by atomic mass is 10.2. The molecular weight excluding hydrogens is 304 g/mol. The van der Waals surface area contributed by atoms with Gasteiger partial charge in [0.1, 0.15) is 24.2 Å². The van der Waals surface area contributed by atoms with Gasteiger partial charge in [-0.25, -0.2) is 8.78 Å². The molecule has 0 saturated carbocycles. The zero-order valence-electron chi connectivity index (χ0n) is 12.8. The SMILES string of the molecule is COc1ccc(CNCC(O)COc2ccc(F)c(F)c2)cc1. The van der Waals surface area contributed by atoms with Crippen LogP contribution in [0.5, 0.6) is 11.5 Å². The molecule has 4 nitrogen and oxygen atoms in total. The summed E-state index contributed by atoms with van der Waals surface area (Å²) in [6.45, 7) is 0.891. The number of hydrogen-bond acceptors (Lipinski definition) is 4. The lowest BCUT2D eigenvalue weighted by Crippen LogP contribution is -2.31. The first-order chi connectivity index (χ1) is 11.1. The molecule has 0 heterocycles. The van der Waals surface area contributed by atoms with Crippen molar-refractivity contribution in [3.63, 3.8) is 0 Å². The van der Waals surface area contributed by atoms with Gasteiger partial charge in [0.05, 0.1) is 7.11 Å². The zero-order chi connectivity index (χ0) is 16.7. The van der Waals surface area contributed by atoms with Crippen LogP contribution in [0.15, 0.2) is 42.5 Å². The molecule has 2 rings (SSSR count). The zero-order valence-corrected chi connectivity index (χ0v) is 12.8. The monoisotopic (exact) mass is 323 g/mol. The Morgan fingerprint density at radius 2 is 1.74 bits per heavy atom. The van der Waals surface area contributed by atoms with Crippen molar-refractivity contribution in [2.75, 3.05) is 20.3 Å². The molecule has 0 amide bonds. The van der Waals surface area contributed by atoms with E-state index in [1.807, 2.05) is 24.3 Å². The number of benzene rings is 2. The summed E-state index contributed by atoms with van der Waals surface area (Å²) in [6, 6.07) is 10.8. The van der Waals surface area contributed by atoms with E-state index in [1.165, 1.54) is 6.07 Å². The van der Waals surface area contributed by atoms with E-state index in [0.717, 1.165) is 23.4 Å². The second-order valence-electron chi connectivity index (χ2n) is 5.02. The van der Waals surface area contributed by atoms with Crippen LogP contribution in [-0.4, -0.2) is 31.5 Å². The number of rotatable bonds is 8. The maximum Gasteiger partial charge on any atom is 0.162 e. The standard InChI is InChI=1S/C17H19F2NO3/c1-22-14-4-2-12(3-5-14)9-20-10-13(21)11-23-15-6-7-16(18)17(19)8-15/h2-8,13,20-21H,9-11H2,1H3. The molecular formula is C17H19F2NO3. The van der Waals surface area contributed by atoms with Crippen LogP contribution in [0.1, 0.15) is 5.56 Å². The van der Waals surface area contributed by atoms with E-state index >= 15 is 0 Å². The molecule has 0 aliphatic carbocycles. The van der Waals surface area contributed by atoms with Gasteiger partial charge in [-0.3, -0.25) is 0 Å². The van der Waals surface area contributed by atoms with Crippen LogP contribution >= 0.6 is 0 Å². The van der Waals surface area contributed by atoms with Gasteiger partial charge in [0.25, 0.3) is 0 Å². The quantitative estimate of drug-likeness (QED) is 0.784. The number of methoxy groups -OCH3 is 1. The fourth-order valence-corrected chi connectivity index (χ4v) is 1.94. The predicted molar refractivity (Wildman–Crippen MR) is 82.6 cm³/mol. The summed E-state index contributed by atoms with van der Waals surface area (Å²) in [5.41, 5.74) is 1.06. The second-order valence-corrected chi connectivity index (χ2v) is 5.02. The van der Waals surface area contributed by atoms with E-state index in [9.17, 15) is 13.9 Å². The Hall–Kier alpha value is -2.18. The number of halogens is 2. The summed E-state index contributed by atoms with van der Waals surface area (Å²) in [4.78, 5) is 0. The first kappa shape index (κ1) is 17.2. The van der Waals surface area contributed by atoms with Crippen molar-refractivity contribution < 1.29 is 23.4 Å². The third-order valence-corrected chi connectivity index (χ3v) is 3.20. The van der Waals surface area contributed by atoms with E-state index in [2.05, 4.69) is 5.32 Å². The Balaban J connectivity index is 1.70. The molecule has 1 atom stereocenters. The highest BCUT2D eigenvalue weighted by atomic mass is 19.2. The fraction of sp³-hybridized carbons (Fsp3) is 0.294. The van der Waals surface area contributed by atoms with Gasteiger partial charge >= 0.3 is 0 Å². The number of ether oxygens (including phenoxy) is 2. The molecule has 0 bridgehead atoms. The predicted octanol–water partition coefficient (Wildman–Crippen LogP) is 2.50. The molecule has 23 heavy (non-hydrogen) atoms. The Morgan fingerprint density at radius 3 is 2.39 bits per heavy atom. The van der Waals surface area contributed by atoms with Crippen molar-refractivity contribution in [3.05, 3.63) is 59.7 Å². The summed E-state index contributed by atoms with van der Waals surface area (Å²) in [7, 11) is 1.61. The molecule has 0 aliphatic heterocycles. The van der Waals surface area contributed by atoms with Crippen molar-refractivity contribution in [2.45, 2.75) is 12.6 Å². The van der Waals surface area contributed by atoms with Gasteiger partial charge in [-0.05, 0) is 29.8 Å². The van der Waals surface area contributed by atoms with E-state index in [-0.39, 0.29) is 12.4 Å². The van der Waals surface area contributed by atoms with Crippen LogP contribution in [0.3, 0.4) is 0 Å². The summed E-state index contributed by atoms with van der Waals surface area (Å²) in [5.74, 6) is -0.944. The molecule has 2 N–H and O–H groups in total. The molecule has 124 valence electrons. The van der Waals surface area contributed by atoms with Crippen LogP contribution in [-0.2, 0) is 6.54 Å². The van der Waals surface area contributed by atoms with Crippen molar-refractivity contribution in [1.82, 2.24) is 5.32 Å². The lowest BCUT2D eigenvalue weighted by Gasteiger charge is -2.13. The first-order valence-electron chi connectivity index (χ1n) is 7.18. The minimum atomic E-state index is -0.977. The van der Waals surface area contributed by atoms with Gasteiger partial charge in [-0.15, -0.1) is 0 Å². The molecule has 0 radical (unpaired) electrons. The Labute approximate surface area is 133 Å². The van der Waals surface area contributed by atoms with E-state index in [4.69, 9.17) is 9.47 Å². The van der Waals surface area contributed by atoms with Gasteiger partial charge in [0.15, 0.2) is 11.6 Å². The van der Waals surface area contributed by atoms with E-state index < -0.39 is 17.7 Å². The molecule has 0 aromatic heterocycles. The van der Waals surface area contributed by atoms with Crippen molar-refractivity contribution in [3.8, 4) is 11.5 Å². The summed E-state index contributed by atoms with van der Waals surface area (Å²) >= 11 is 0. The molecule has 0 aliphatic rings. The summed E-state index contributed by atoms with van der Waals surface area (Å²) < 4.78 is 36.1. The molecule has 0 spiro atoms. The van der Waals surface area contributed by atoms with E-state index in [1.54, 1.807) is 7.11 Å². The van der Waals surface area contributed by atoms with Gasteiger partial charge in [-0.1, -0.05) is 12.1 Å². The number of hydrogen-bond donors (Lipinski definition) is 2. The van der Waals surface area contributed by atoms with Crippen LogP contribution in [0.25, 0.3) is 0 Å². The molecule has 1 unspecified atom stereocenters. The topological polar surface area (TPSA) is 50.7 Å². The van der Waals surface area contributed by atoms with Crippen LogP contribution < -0.4 is 14.8 Å². The minimum absolute atomic E-state index is 0.0132. The van der Waals surface area contributed by atoms with Crippen LogP contribution in [0.4, 0.5) is 8.78 Å². The highest BCUT2D eigenvalue weighted by Crippen LogP contribution is 2.15. The van der Waals surface area contributed by atoms with Crippen molar-refractivity contribution in [1.29, 1.82) is 0 Å². The molecule has 0 saturated heterocycles. The highest BCUT2D eigenvalue weighted by molar-refractivity contribution is 5.27. The van der Waals surface area contributed by atoms with Crippen molar-refractivity contribution >= 4 is 0 Å². The largest absolute Gasteiger partial charge is 0.497 e. The van der Waals surface area contributed by atoms with Crippen LogP contribution in [0.2, 0.25) is 0 Å². The number of aliphatic hydroxyl groups excluding tert-OH is 1. The van der Waals surface area contributed by atoms with Gasteiger partial charge in [-0.2, -0.15) is 0 Å². The Morgan fingerprint density at radius 1 is 1.04 bits per heavy atom. The average molecular weight is 323 g/mol. The summed E-state index contributed by atoms with van der Waals surface area (Å²) in [6.07, 6.45) is -0.763. The maximum absolute atomic E-state index is 13.0. The third-order valence-electron chi connectivity index (χ3n) is 3.20. The average Bonchev–Trinajstić information content (AvgIpc) is 2.56. The minimum Gasteiger partial charge on any atom is -0.497 e. The van der Waals surface area contributed by atoms with E-state index in [0.29, 0.717) is 13.1 Å². The first-order valence-corrected chi connectivity index (χ1v) is 7.18. The Kier molecular flexibility index (Phi) is 6.31. The highest BCUT2D eigenvalue weighted by Gasteiger charge is 2.07. The number of nitrogens with one attached hydrogen (secondary N) is 1. The smallest absolute Gasteiger partial charge is 0.162 e. The molecule has 2 aromatic rings. The number of aliphatic hydroxyl groups is 1. The maximum atomic E-state index is 13.0. The van der Waals surface area contributed by atoms with Crippen molar-refractivity contribution in [2.24, 2.45) is 0 Å². The molecule has 0 fully saturated rings. The Bertz CT molecular complexity index is 620. The lowest BCUT2D eigenvalue weighted by molar-refractivity contribution is 0.106. The normalized spacial score (nSPS) is 12.0. The van der Waals surface area contributed by atoms with Crippen LogP contribution in [0, 0.1) is 11.6 Å². The fourth-order valence-electron chi connectivity index (χ4n) is 1.94. The van der Waals surface area contributed by atoms with Gasteiger partial charge in [0, 0.05) is 19.2 Å². The third kappa shape index (κ3) is 5.50. The summed E-state index contributed by atoms with van der Waals surface area (Å²) in [5, 5.41) is 12.9. The molecule has 6 heteroatoms. The second kappa shape index (κ2) is 8.45.